The summed E-state index contributed by atoms with van der Waals surface area (Å²) in [5.74, 6) is 0.0133. The highest BCUT2D eigenvalue weighted by atomic mass is 16.5. The quantitative estimate of drug-likeness (QED) is 0.924. The van der Waals surface area contributed by atoms with Crippen molar-refractivity contribution in [1.29, 1.82) is 0 Å². The Morgan fingerprint density at radius 3 is 2.29 bits per heavy atom. The minimum absolute atomic E-state index is 0.0832. The number of nitrogens with zero attached hydrogens (tertiary/aromatic N) is 1. The van der Waals surface area contributed by atoms with E-state index >= 15 is 0 Å². The van der Waals surface area contributed by atoms with Gasteiger partial charge < -0.3 is 15.0 Å². The van der Waals surface area contributed by atoms with Crippen LogP contribution in [0.25, 0.3) is 0 Å². The minimum atomic E-state index is -0.102. The van der Waals surface area contributed by atoms with E-state index in [1.54, 1.807) is 0 Å². The number of rotatable bonds is 3. The molecule has 1 saturated heterocycles. The molecule has 1 aliphatic heterocycles. The lowest BCUT2D eigenvalue weighted by molar-refractivity contribution is -0.142. The molecule has 2 rings (SSSR count). The minimum Gasteiger partial charge on any atom is -0.372 e. The molecule has 5 heteroatoms. The Kier molecular flexibility index (Phi) is 4.96. The molecule has 1 aromatic carbocycles. The Morgan fingerprint density at radius 1 is 1.19 bits per heavy atom. The molecule has 0 radical (unpaired) electrons. The molecule has 0 aromatic heterocycles. The highest BCUT2D eigenvalue weighted by Gasteiger charge is 2.25. The van der Waals surface area contributed by atoms with Gasteiger partial charge in [-0.3, -0.25) is 9.59 Å². The second-order valence-electron chi connectivity index (χ2n) is 5.61. The number of ether oxygens (including phenoxy) is 1. The third-order valence-corrected chi connectivity index (χ3v) is 3.40. The highest BCUT2D eigenvalue weighted by molar-refractivity contribution is 5.88. The fourth-order valence-corrected chi connectivity index (χ4v) is 2.58. The number of carbonyl (C=O) groups excluding carboxylic acids is 2. The van der Waals surface area contributed by atoms with Crippen LogP contribution in [0, 0.1) is 0 Å². The van der Waals surface area contributed by atoms with Crippen LogP contribution >= 0.6 is 0 Å². The van der Waals surface area contributed by atoms with Crippen molar-refractivity contribution in [3.63, 3.8) is 0 Å². The second-order valence-corrected chi connectivity index (χ2v) is 5.61. The van der Waals surface area contributed by atoms with Gasteiger partial charge in [0, 0.05) is 25.7 Å². The van der Waals surface area contributed by atoms with E-state index in [-0.39, 0.29) is 24.0 Å². The zero-order valence-corrected chi connectivity index (χ0v) is 12.8. The number of nitrogens with one attached hydrogen (secondary N) is 1. The van der Waals surface area contributed by atoms with Crippen LogP contribution in [0.3, 0.4) is 0 Å². The summed E-state index contributed by atoms with van der Waals surface area (Å²) in [6, 6.07) is 7.37. The molecule has 1 fully saturated rings. The van der Waals surface area contributed by atoms with Crippen molar-refractivity contribution in [3.8, 4) is 0 Å². The van der Waals surface area contributed by atoms with E-state index in [1.807, 2.05) is 43.0 Å². The van der Waals surface area contributed by atoms with E-state index < -0.39 is 0 Å². The van der Waals surface area contributed by atoms with E-state index in [0.717, 1.165) is 11.3 Å². The van der Waals surface area contributed by atoms with Crippen molar-refractivity contribution < 1.29 is 14.3 Å². The third-order valence-electron chi connectivity index (χ3n) is 3.40. The predicted octanol–water partition coefficient (Wildman–Crippen LogP) is 1.82. The van der Waals surface area contributed by atoms with Gasteiger partial charge in [0.05, 0.1) is 18.6 Å². The van der Waals surface area contributed by atoms with Crippen molar-refractivity contribution >= 4 is 17.5 Å². The molecule has 114 valence electrons. The van der Waals surface area contributed by atoms with Gasteiger partial charge in [-0.15, -0.1) is 0 Å². The van der Waals surface area contributed by atoms with E-state index in [2.05, 4.69) is 5.32 Å². The van der Waals surface area contributed by atoms with Gasteiger partial charge in [0.25, 0.3) is 0 Å². The number of hydrogen-bond donors (Lipinski definition) is 1. The van der Waals surface area contributed by atoms with Gasteiger partial charge in [-0.2, -0.15) is 0 Å². The fourth-order valence-electron chi connectivity index (χ4n) is 2.58. The van der Waals surface area contributed by atoms with Crippen molar-refractivity contribution in [3.05, 3.63) is 29.8 Å². The van der Waals surface area contributed by atoms with E-state index in [4.69, 9.17) is 4.74 Å². The van der Waals surface area contributed by atoms with Crippen LogP contribution in [0.4, 0.5) is 5.69 Å². The van der Waals surface area contributed by atoms with Gasteiger partial charge in [0.1, 0.15) is 0 Å². The Morgan fingerprint density at radius 2 is 1.76 bits per heavy atom. The van der Waals surface area contributed by atoms with Crippen LogP contribution in [-0.4, -0.2) is 42.0 Å². The van der Waals surface area contributed by atoms with Gasteiger partial charge in [-0.1, -0.05) is 12.1 Å². The maximum Gasteiger partial charge on any atom is 0.227 e. The Balaban J connectivity index is 1.94. The van der Waals surface area contributed by atoms with E-state index in [1.165, 1.54) is 6.92 Å². The monoisotopic (exact) mass is 290 g/mol. The standard InChI is InChI=1S/C16H22N2O3/c1-11-9-18(10-12(2)21-11)16(20)8-14-4-6-15(7-5-14)17-13(3)19/h4-7,11-12H,8-10H2,1-3H3,(H,17,19). The first kappa shape index (κ1) is 15.5. The molecule has 2 unspecified atom stereocenters. The molecule has 0 spiro atoms. The highest BCUT2D eigenvalue weighted by Crippen LogP contribution is 2.14. The van der Waals surface area contributed by atoms with Crippen LogP contribution in [0.15, 0.2) is 24.3 Å². The fraction of sp³-hybridized carbons (Fsp3) is 0.500. The smallest absolute Gasteiger partial charge is 0.227 e. The van der Waals surface area contributed by atoms with Crippen molar-refractivity contribution in [2.24, 2.45) is 0 Å². The van der Waals surface area contributed by atoms with Gasteiger partial charge in [-0.05, 0) is 31.5 Å². The molecule has 5 nitrogen and oxygen atoms in total. The van der Waals surface area contributed by atoms with Crippen LogP contribution < -0.4 is 5.32 Å². The predicted molar refractivity (Wildman–Crippen MR) is 81.0 cm³/mol. The molecule has 1 aromatic rings. The molecule has 0 saturated carbocycles. The molecular formula is C16H22N2O3. The summed E-state index contributed by atoms with van der Waals surface area (Å²) in [7, 11) is 0. The van der Waals surface area contributed by atoms with Gasteiger partial charge in [-0.25, -0.2) is 0 Å². The number of benzene rings is 1. The number of hydrogen-bond acceptors (Lipinski definition) is 3. The van der Waals surface area contributed by atoms with Crippen molar-refractivity contribution in [2.75, 3.05) is 18.4 Å². The zero-order valence-electron chi connectivity index (χ0n) is 12.8. The van der Waals surface area contributed by atoms with Gasteiger partial charge >= 0.3 is 0 Å². The summed E-state index contributed by atoms with van der Waals surface area (Å²) in [6.45, 7) is 6.73. The lowest BCUT2D eigenvalue weighted by Crippen LogP contribution is -2.48. The molecule has 2 atom stereocenters. The number of carbonyl (C=O) groups is 2. The molecule has 0 bridgehead atoms. The molecular weight excluding hydrogens is 268 g/mol. The topological polar surface area (TPSA) is 58.6 Å². The maximum absolute atomic E-state index is 12.3. The summed E-state index contributed by atoms with van der Waals surface area (Å²) in [5.41, 5.74) is 1.69. The zero-order chi connectivity index (χ0) is 15.4. The summed E-state index contributed by atoms with van der Waals surface area (Å²) in [6.07, 6.45) is 0.541. The lowest BCUT2D eigenvalue weighted by Gasteiger charge is -2.35. The molecule has 1 aliphatic rings. The molecule has 21 heavy (non-hydrogen) atoms. The average Bonchev–Trinajstić information content (AvgIpc) is 2.39. The van der Waals surface area contributed by atoms with Gasteiger partial charge in [0.15, 0.2) is 0 Å². The second kappa shape index (κ2) is 6.72. The first-order valence-corrected chi connectivity index (χ1v) is 7.24. The molecule has 2 amide bonds. The molecule has 0 aliphatic carbocycles. The summed E-state index contributed by atoms with van der Waals surface area (Å²) < 4.78 is 5.64. The lowest BCUT2D eigenvalue weighted by atomic mass is 10.1. The molecule has 1 N–H and O–H groups in total. The first-order valence-electron chi connectivity index (χ1n) is 7.24. The van der Waals surface area contributed by atoms with Crippen LogP contribution in [0.5, 0.6) is 0 Å². The maximum atomic E-state index is 12.3. The summed E-state index contributed by atoms with van der Waals surface area (Å²) in [4.78, 5) is 25.1. The van der Waals surface area contributed by atoms with E-state index in [0.29, 0.717) is 19.5 Å². The number of morpholine rings is 1. The largest absolute Gasteiger partial charge is 0.372 e. The third kappa shape index (κ3) is 4.56. The Bertz CT molecular complexity index is 503. The normalized spacial score (nSPS) is 22.0. The van der Waals surface area contributed by atoms with Crippen molar-refractivity contribution in [2.45, 2.75) is 39.4 Å². The summed E-state index contributed by atoms with van der Waals surface area (Å²) in [5, 5.41) is 2.71. The molecule has 1 heterocycles. The van der Waals surface area contributed by atoms with Crippen LogP contribution in [0.1, 0.15) is 26.3 Å². The van der Waals surface area contributed by atoms with Crippen LogP contribution in [-0.2, 0) is 20.7 Å². The van der Waals surface area contributed by atoms with Crippen LogP contribution in [0.2, 0.25) is 0 Å². The summed E-state index contributed by atoms with van der Waals surface area (Å²) >= 11 is 0. The van der Waals surface area contributed by atoms with Crippen molar-refractivity contribution in [1.82, 2.24) is 4.90 Å². The van der Waals surface area contributed by atoms with E-state index in [9.17, 15) is 9.59 Å². The number of amides is 2. The SMILES string of the molecule is CC(=O)Nc1ccc(CC(=O)N2CC(C)OC(C)C2)cc1. The first-order chi connectivity index (χ1) is 9.94. The average molecular weight is 290 g/mol. The number of anilines is 1. The Hall–Kier alpha value is -1.88. The Labute approximate surface area is 125 Å². The van der Waals surface area contributed by atoms with Gasteiger partial charge in [0.2, 0.25) is 11.8 Å².